The number of ether oxygens (including phenoxy) is 1. The van der Waals surface area contributed by atoms with Gasteiger partial charge >= 0.3 is 5.69 Å². The number of nitrogens with zero attached hydrogens (tertiary/aromatic N) is 4. The van der Waals surface area contributed by atoms with Gasteiger partial charge in [-0.3, -0.25) is 9.20 Å². The highest BCUT2D eigenvalue weighted by Gasteiger charge is 2.42. The molecular formula is C21H24N4O4. The number of benzene rings is 1. The Labute approximate surface area is 167 Å². The lowest BCUT2D eigenvalue weighted by Gasteiger charge is -2.33. The minimum atomic E-state index is -1.12. The van der Waals surface area contributed by atoms with E-state index in [1.54, 1.807) is 29.3 Å². The number of fused-ring (bicyclic) bond motifs is 1. The van der Waals surface area contributed by atoms with Crippen LogP contribution in [0, 0.1) is 0 Å². The monoisotopic (exact) mass is 396 g/mol. The lowest BCUT2D eigenvalue weighted by Crippen LogP contribution is -2.50. The van der Waals surface area contributed by atoms with E-state index < -0.39 is 5.60 Å². The van der Waals surface area contributed by atoms with Gasteiger partial charge in [-0.15, -0.1) is 5.10 Å². The minimum Gasteiger partial charge on any atom is -0.385 e. The van der Waals surface area contributed by atoms with Crippen molar-refractivity contribution in [3.8, 4) is 0 Å². The van der Waals surface area contributed by atoms with Gasteiger partial charge in [-0.2, -0.15) is 0 Å². The van der Waals surface area contributed by atoms with E-state index in [9.17, 15) is 14.7 Å². The number of carbonyl (C=O) groups excluding carboxylic acids is 1. The Morgan fingerprint density at radius 1 is 1.28 bits per heavy atom. The van der Waals surface area contributed by atoms with Crippen LogP contribution >= 0.6 is 0 Å². The zero-order valence-electron chi connectivity index (χ0n) is 16.3. The fourth-order valence-corrected chi connectivity index (χ4v) is 3.64. The van der Waals surface area contributed by atoms with Crippen LogP contribution < -0.4 is 5.69 Å². The van der Waals surface area contributed by atoms with E-state index in [0.29, 0.717) is 25.2 Å². The minimum absolute atomic E-state index is 0.129. The molecule has 0 radical (unpaired) electrons. The highest BCUT2D eigenvalue weighted by Crippen LogP contribution is 2.27. The average molecular weight is 396 g/mol. The molecule has 1 aliphatic heterocycles. The third kappa shape index (κ3) is 3.94. The van der Waals surface area contributed by atoms with Crippen molar-refractivity contribution in [1.29, 1.82) is 0 Å². The number of rotatable bonds is 6. The van der Waals surface area contributed by atoms with Crippen molar-refractivity contribution in [3.63, 3.8) is 0 Å². The molecule has 152 valence electrons. The zero-order chi connectivity index (χ0) is 20.4. The molecule has 1 saturated heterocycles. The van der Waals surface area contributed by atoms with Crippen molar-refractivity contribution in [2.75, 3.05) is 13.2 Å². The molecule has 1 aliphatic rings. The summed E-state index contributed by atoms with van der Waals surface area (Å²) in [5, 5.41) is 15.2. The van der Waals surface area contributed by atoms with Crippen LogP contribution in [0.5, 0.6) is 0 Å². The van der Waals surface area contributed by atoms with Crippen molar-refractivity contribution in [2.45, 2.75) is 38.1 Å². The molecule has 1 fully saturated rings. The van der Waals surface area contributed by atoms with Crippen LogP contribution in [0.3, 0.4) is 0 Å². The van der Waals surface area contributed by atoms with Crippen LogP contribution in [0.25, 0.3) is 5.65 Å². The standard InChI is InChI=1S/C21H24N4O4/c1-16-21(28,10-12-29-16)15-23(13-17-7-3-2-4-8-17)19(26)14-25-20(27)24-11-6-5-9-18(24)22-25/h2-9,11,16,28H,10,12-15H2,1H3/t16-,21-/m0/s1. The molecule has 0 saturated carbocycles. The highest BCUT2D eigenvalue weighted by atomic mass is 16.5. The van der Waals surface area contributed by atoms with Crippen LogP contribution in [0.15, 0.2) is 59.5 Å². The summed E-state index contributed by atoms with van der Waals surface area (Å²) in [6.07, 6.45) is 1.71. The SMILES string of the molecule is C[C@@H]1OCC[C@]1(O)CN(Cc1ccccc1)C(=O)Cn1nc2ccccn2c1=O. The Balaban J connectivity index is 1.59. The molecule has 29 heavy (non-hydrogen) atoms. The van der Waals surface area contributed by atoms with Crippen LogP contribution in [0.2, 0.25) is 0 Å². The van der Waals surface area contributed by atoms with Gasteiger partial charge in [0.1, 0.15) is 12.1 Å². The van der Waals surface area contributed by atoms with Crippen LogP contribution in [0.1, 0.15) is 18.9 Å². The van der Waals surface area contributed by atoms with Gasteiger partial charge in [-0.25, -0.2) is 9.48 Å². The second kappa shape index (κ2) is 7.81. The molecule has 1 amide bonds. The quantitative estimate of drug-likeness (QED) is 0.673. The maximum absolute atomic E-state index is 13.1. The van der Waals surface area contributed by atoms with Crippen molar-refractivity contribution in [2.24, 2.45) is 0 Å². The first-order chi connectivity index (χ1) is 14.0. The number of hydrogen-bond donors (Lipinski definition) is 1. The van der Waals surface area contributed by atoms with E-state index in [0.717, 1.165) is 10.2 Å². The molecule has 3 heterocycles. The van der Waals surface area contributed by atoms with Crippen LogP contribution in [0.4, 0.5) is 0 Å². The fourth-order valence-electron chi connectivity index (χ4n) is 3.64. The largest absolute Gasteiger partial charge is 0.385 e. The lowest BCUT2D eigenvalue weighted by molar-refractivity contribution is -0.138. The summed E-state index contributed by atoms with van der Waals surface area (Å²) >= 11 is 0. The fraction of sp³-hybridized carbons (Fsp3) is 0.381. The first kappa shape index (κ1) is 19.4. The summed E-state index contributed by atoms with van der Waals surface area (Å²) in [6.45, 7) is 2.53. The highest BCUT2D eigenvalue weighted by molar-refractivity contribution is 5.76. The molecule has 1 aromatic carbocycles. The molecule has 0 aliphatic carbocycles. The van der Waals surface area contributed by atoms with Gasteiger partial charge < -0.3 is 14.7 Å². The Morgan fingerprint density at radius 3 is 2.72 bits per heavy atom. The van der Waals surface area contributed by atoms with Crippen molar-refractivity contribution >= 4 is 11.6 Å². The Bertz CT molecular complexity index is 1060. The van der Waals surface area contributed by atoms with Gasteiger partial charge in [0, 0.05) is 25.8 Å². The summed E-state index contributed by atoms with van der Waals surface area (Å²) in [5.41, 5.74) is -0.0616. The maximum atomic E-state index is 13.1. The number of pyridine rings is 1. The Kier molecular flexibility index (Phi) is 5.21. The molecule has 2 aromatic heterocycles. The summed E-state index contributed by atoms with van der Waals surface area (Å²) in [7, 11) is 0. The van der Waals surface area contributed by atoms with E-state index in [1.807, 2.05) is 37.3 Å². The Morgan fingerprint density at radius 2 is 2.03 bits per heavy atom. The maximum Gasteiger partial charge on any atom is 0.350 e. The molecule has 2 atom stereocenters. The predicted octanol–water partition coefficient (Wildman–Crippen LogP) is 1.06. The Hall–Kier alpha value is -2.97. The van der Waals surface area contributed by atoms with E-state index >= 15 is 0 Å². The zero-order valence-corrected chi connectivity index (χ0v) is 16.3. The normalized spacial score (nSPS) is 21.5. The average Bonchev–Trinajstić information content (AvgIpc) is 3.21. The van der Waals surface area contributed by atoms with Gasteiger partial charge in [0.2, 0.25) is 5.91 Å². The number of amides is 1. The van der Waals surface area contributed by atoms with E-state index in [1.165, 1.54) is 4.40 Å². The first-order valence-corrected chi connectivity index (χ1v) is 9.66. The lowest BCUT2D eigenvalue weighted by atomic mass is 9.95. The van der Waals surface area contributed by atoms with E-state index in [2.05, 4.69) is 5.10 Å². The first-order valence-electron chi connectivity index (χ1n) is 9.66. The summed E-state index contributed by atoms with van der Waals surface area (Å²) < 4.78 is 8.08. The molecule has 8 heteroatoms. The number of aromatic nitrogens is 3. The molecule has 1 N–H and O–H groups in total. The summed E-state index contributed by atoms with van der Waals surface area (Å²) in [6, 6.07) is 14.8. The van der Waals surface area contributed by atoms with Crippen molar-refractivity contribution in [3.05, 3.63) is 70.8 Å². The van der Waals surface area contributed by atoms with Crippen LogP contribution in [-0.4, -0.2) is 55.0 Å². The summed E-state index contributed by atoms with van der Waals surface area (Å²) in [4.78, 5) is 27.3. The molecule has 4 rings (SSSR count). The number of hydrogen-bond acceptors (Lipinski definition) is 5. The molecule has 0 bridgehead atoms. The third-order valence-corrected chi connectivity index (χ3v) is 5.47. The smallest absolute Gasteiger partial charge is 0.350 e. The number of carbonyl (C=O) groups is 1. The molecular weight excluding hydrogens is 372 g/mol. The van der Waals surface area contributed by atoms with Crippen LogP contribution in [-0.2, 0) is 22.6 Å². The number of aliphatic hydroxyl groups is 1. The van der Waals surface area contributed by atoms with Gasteiger partial charge in [0.15, 0.2) is 5.65 Å². The molecule has 0 spiro atoms. The second-order valence-corrected chi connectivity index (χ2v) is 7.47. The van der Waals surface area contributed by atoms with Gasteiger partial charge in [-0.1, -0.05) is 36.4 Å². The molecule has 3 aromatic rings. The predicted molar refractivity (Wildman–Crippen MR) is 106 cm³/mol. The van der Waals surface area contributed by atoms with Crippen molar-refractivity contribution in [1.82, 2.24) is 19.1 Å². The van der Waals surface area contributed by atoms with Gasteiger partial charge in [0.05, 0.1) is 12.6 Å². The van der Waals surface area contributed by atoms with E-state index in [4.69, 9.17) is 4.74 Å². The molecule has 0 unspecified atom stereocenters. The summed E-state index contributed by atoms with van der Waals surface area (Å²) in [5.74, 6) is -0.285. The van der Waals surface area contributed by atoms with Crippen molar-refractivity contribution < 1.29 is 14.6 Å². The topological polar surface area (TPSA) is 89.1 Å². The molecule has 8 nitrogen and oxygen atoms in total. The van der Waals surface area contributed by atoms with Gasteiger partial charge in [0.25, 0.3) is 0 Å². The van der Waals surface area contributed by atoms with Gasteiger partial charge in [-0.05, 0) is 24.6 Å². The third-order valence-electron chi connectivity index (χ3n) is 5.47. The van der Waals surface area contributed by atoms with E-state index in [-0.39, 0.29) is 30.8 Å². The second-order valence-electron chi connectivity index (χ2n) is 7.47.